The van der Waals surface area contributed by atoms with Gasteiger partial charge >= 0.3 is 0 Å². The molecule has 0 saturated carbocycles. The first kappa shape index (κ1) is 23.6. The van der Waals surface area contributed by atoms with Gasteiger partial charge in [-0.15, -0.1) is 5.10 Å². The van der Waals surface area contributed by atoms with Gasteiger partial charge in [0.15, 0.2) is 5.82 Å². The maximum Gasteiger partial charge on any atom is 0.252 e. The third-order valence-electron chi connectivity index (χ3n) is 6.97. The van der Waals surface area contributed by atoms with Gasteiger partial charge < -0.3 is 9.72 Å². The largest absolute Gasteiger partial charge is 0.377 e. The molecule has 1 aliphatic heterocycles. The lowest BCUT2D eigenvalue weighted by Crippen LogP contribution is -2.39. The summed E-state index contributed by atoms with van der Waals surface area (Å²) < 4.78 is 7.94. The molecule has 0 amide bonds. The van der Waals surface area contributed by atoms with Gasteiger partial charge in [0.25, 0.3) is 5.56 Å². The Morgan fingerprint density at radius 2 is 2.12 bits per heavy atom. The molecule has 3 aromatic rings. The van der Waals surface area contributed by atoms with Crippen molar-refractivity contribution in [3.8, 4) is 0 Å². The highest BCUT2D eigenvalue weighted by atomic mass is 16.5. The molecule has 8 heteroatoms. The number of rotatable bonds is 9. The molecule has 33 heavy (non-hydrogen) atoms. The van der Waals surface area contributed by atoms with Crippen LogP contribution in [0.5, 0.6) is 0 Å². The number of hydrogen-bond acceptors (Lipinski definition) is 6. The maximum atomic E-state index is 13.0. The zero-order valence-electron chi connectivity index (χ0n) is 20.5. The summed E-state index contributed by atoms with van der Waals surface area (Å²) >= 11 is 0. The van der Waals surface area contributed by atoms with Gasteiger partial charge in [-0.3, -0.25) is 9.69 Å². The quantitative estimate of drug-likeness (QED) is 0.526. The number of benzene rings is 1. The van der Waals surface area contributed by atoms with Crippen LogP contribution in [0.3, 0.4) is 0 Å². The Bertz CT molecular complexity index is 1150. The SMILES string of the molecule is CC[C@H](c1nnnn1C(C)(C)CC)N(Cc1cc2cc(C)ccc2[nH]c1=O)C[C@@H]1CCCO1. The van der Waals surface area contributed by atoms with Crippen LogP contribution in [0.25, 0.3) is 10.9 Å². The number of pyridine rings is 1. The number of aryl methyl sites for hydroxylation is 1. The van der Waals surface area contributed by atoms with Gasteiger partial charge in [0, 0.05) is 30.8 Å². The van der Waals surface area contributed by atoms with Crippen LogP contribution in [-0.4, -0.2) is 49.3 Å². The van der Waals surface area contributed by atoms with Crippen molar-refractivity contribution in [2.24, 2.45) is 0 Å². The smallest absolute Gasteiger partial charge is 0.252 e. The highest BCUT2D eigenvalue weighted by Crippen LogP contribution is 2.30. The third kappa shape index (κ3) is 5.01. The number of nitrogens with one attached hydrogen (secondary N) is 1. The van der Waals surface area contributed by atoms with E-state index in [0.29, 0.717) is 6.54 Å². The Balaban J connectivity index is 1.72. The second-order valence-corrected chi connectivity index (χ2v) is 9.82. The number of hydrogen-bond donors (Lipinski definition) is 1. The number of aromatic amines is 1. The zero-order chi connectivity index (χ0) is 23.6. The summed E-state index contributed by atoms with van der Waals surface area (Å²) in [6, 6.07) is 8.10. The van der Waals surface area contributed by atoms with Crippen molar-refractivity contribution in [3.63, 3.8) is 0 Å². The first-order valence-electron chi connectivity index (χ1n) is 12.1. The predicted octanol–water partition coefficient (Wildman–Crippen LogP) is 4.10. The zero-order valence-corrected chi connectivity index (χ0v) is 20.5. The van der Waals surface area contributed by atoms with Crippen LogP contribution >= 0.6 is 0 Å². The molecular formula is C25H36N6O2. The van der Waals surface area contributed by atoms with Crippen LogP contribution < -0.4 is 5.56 Å². The van der Waals surface area contributed by atoms with Crippen LogP contribution in [0.1, 0.15) is 76.4 Å². The predicted molar refractivity (Wildman–Crippen MR) is 129 cm³/mol. The standard InChI is InChI=1S/C25H36N6O2/c1-6-22(23-27-28-29-31(23)25(4,5)7-2)30(16-20-9-8-12-33-20)15-19-14-18-13-17(3)10-11-21(18)26-24(19)32/h10-11,13-14,20,22H,6-9,12,15-16H2,1-5H3,(H,26,32)/t20-,22+/m0/s1. The molecule has 1 saturated heterocycles. The maximum absolute atomic E-state index is 13.0. The number of tetrazole rings is 1. The van der Waals surface area contributed by atoms with Gasteiger partial charge in [-0.25, -0.2) is 4.68 Å². The fourth-order valence-corrected chi connectivity index (χ4v) is 4.65. The molecule has 1 aromatic carbocycles. The van der Waals surface area contributed by atoms with Crippen molar-refractivity contribution >= 4 is 10.9 Å². The fourth-order valence-electron chi connectivity index (χ4n) is 4.65. The van der Waals surface area contributed by atoms with Crippen LogP contribution in [0, 0.1) is 6.92 Å². The molecule has 3 heterocycles. The molecule has 0 spiro atoms. The minimum atomic E-state index is -0.195. The highest BCUT2D eigenvalue weighted by molar-refractivity contribution is 5.79. The lowest BCUT2D eigenvalue weighted by molar-refractivity contribution is 0.0475. The summed E-state index contributed by atoms with van der Waals surface area (Å²) in [5.74, 6) is 0.843. The Labute approximate surface area is 195 Å². The monoisotopic (exact) mass is 452 g/mol. The van der Waals surface area contributed by atoms with Gasteiger partial charge in [0.2, 0.25) is 0 Å². The van der Waals surface area contributed by atoms with Crippen molar-refractivity contribution < 1.29 is 4.74 Å². The van der Waals surface area contributed by atoms with E-state index in [1.807, 2.05) is 22.9 Å². The summed E-state index contributed by atoms with van der Waals surface area (Å²) in [6.07, 6.45) is 4.01. The van der Waals surface area contributed by atoms with Crippen molar-refractivity contribution in [2.45, 2.75) is 84.5 Å². The lowest BCUT2D eigenvalue weighted by atomic mass is 10.0. The molecule has 2 aromatic heterocycles. The molecule has 2 atom stereocenters. The third-order valence-corrected chi connectivity index (χ3v) is 6.97. The van der Waals surface area contributed by atoms with Crippen LogP contribution in [0.15, 0.2) is 29.1 Å². The molecular weight excluding hydrogens is 416 g/mol. The van der Waals surface area contributed by atoms with Gasteiger partial charge in [0.1, 0.15) is 0 Å². The van der Waals surface area contributed by atoms with Crippen molar-refractivity contribution in [1.82, 2.24) is 30.1 Å². The second kappa shape index (κ2) is 9.73. The molecule has 1 N–H and O–H groups in total. The minimum absolute atomic E-state index is 0.0253. The average molecular weight is 453 g/mol. The summed E-state index contributed by atoms with van der Waals surface area (Å²) in [5.41, 5.74) is 2.54. The van der Waals surface area contributed by atoms with E-state index in [1.165, 1.54) is 5.56 Å². The molecule has 178 valence electrons. The van der Waals surface area contributed by atoms with Gasteiger partial charge in [0.05, 0.1) is 17.7 Å². The van der Waals surface area contributed by atoms with E-state index in [0.717, 1.165) is 61.1 Å². The molecule has 8 nitrogen and oxygen atoms in total. The molecule has 4 rings (SSSR count). The van der Waals surface area contributed by atoms with E-state index < -0.39 is 0 Å². The first-order chi connectivity index (χ1) is 15.8. The topological polar surface area (TPSA) is 88.9 Å². The number of aromatic nitrogens is 5. The summed E-state index contributed by atoms with van der Waals surface area (Å²) in [4.78, 5) is 18.4. The minimum Gasteiger partial charge on any atom is -0.377 e. The Kier molecular flexibility index (Phi) is 6.95. The van der Waals surface area contributed by atoms with Crippen molar-refractivity contribution in [1.29, 1.82) is 0 Å². The lowest BCUT2D eigenvalue weighted by Gasteiger charge is -2.34. The molecule has 1 aliphatic rings. The number of H-pyrrole nitrogens is 1. The Hall–Kier alpha value is -2.58. The van der Waals surface area contributed by atoms with Crippen LogP contribution in [0.2, 0.25) is 0 Å². The normalized spacial score (nSPS) is 17.8. The summed E-state index contributed by atoms with van der Waals surface area (Å²) in [5, 5.41) is 13.9. The van der Waals surface area contributed by atoms with E-state index in [1.54, 1.807) is 0 Å². The van der Waals surface area contributed by atoms with Gasteiger partial charge in [-0.05, 0) is 80.5 Å². The van der Waals surface area contributed by atoms with E-state index in [9.17, 15) is 4.79 Å². The van der Waals surface area contributed by atoms with E-state index >= 15 is 0 Å². The van der Waals surface area contributed by atoms with E-state index in [2.05, 4.69) is 66.1 Å². The number of fused-ring (bicyclic) bond motifs is 1. The van der Waals surface area contributed by atoms with Gasteiger partial charge in [-0.2, -0.15) is 0 Å². The van der Waals surface area contributed by atoms with Crippen molar-refractivity contribution in [2.75, 3.05) is 13.2 Å². The van der Waals surface area contributed by atoms with Crippen LogP contribution in [-0.2, 0) is 16.8 Å². The Morgan fingerprint density at radius 3 is 2.82 bits per heavy atom. The van der Waals surface area contributed by atoms with Gasteiger partial charge in [-0.1, -0.05) is 25.5 Å². The molecule has 0 bridgehead atoms. The van der Waals surface area contributed by atoms with Crippen LogP contribution in [0.4, 0.5) is 0 Å². The molecule has 0 unspecified atom stereocenters. The molecule has 0 aliphatic carbocycles. The number of ether oxygens (including phenoxy) is 1. The average Bonchev–Trinajstić information content (AvgIpc) is 3.48. The summed E-state index contributed by atoms with van der Waals surface area (Å²) in [6.45, 7) is 12.7. The van der Waals surface area contributed by atoms with E-state index in [4.69, 9.17) is 4.74 Å². The molecule has 1 fully saturated rings. The second-order valence-electron chi connectivity index (χ2n) is 9.82. The molecule has 0 radical (unpaired) electrons. The first-order valence-corrected chi connectivity index (χ1v) is 12.1. The highest BCUT2D eigenvalue weighted by Gasteiger charge is 2.32. The summed E-state index contributed by atoms with van der Waals surface area (Å²) in [7, 11) is 0. The Morgan fingerprint density at radius 1 is 1.30 bits per heavy atom. The van der Waals surface area contributed by atoms with E-state index in [-0.39, 0.29) is 23.2 Å². The fraction of sp³-hybridized carbons (Fsp3) is 0.600. The van der Waals surface area contributed by atoms with Crippen molar-refractivity contribution in [3.05, 3.63) is 51.6 Å². The number of nitrogens with zero attached hydrogens (tertiary/aromatic N) is 5.